The number of H-pyrrole nitrogens is 1. The molecule has 3 aromatic carbocycles. The summed E-state index contributed by atoms with van der Waals surface area (Å²) in [5.74, 6) is 0. The lowest BCUT2D eigenvalue weighted by molar-refractivity contribution is 1.27. The predicted molar refractivity (Wildman–Crippen MR) is 79.6 cm³/mol. The zero-order valence-corrected chi connectivity index (χ0v) is 10.2. The molecule has 0 aliphatic heterocycles. The topological polar surface area (TPSA) is 32.9 Å². The number of benzene rings is 3. The first kappa shape index (κ1) is 10.3. The number of aromatic nitrogens is 1. The smallest absolute Gasteiger partial charge is 0.248 e. The van der Waals surface area contributed by atoms with Crippen LogP contribution in [0.4, 0.5) is 0 Å². The van der Waals surface area contributed by atoms with E-state index in [0.717, 1.165) is 16.2 Å². The molecule has 0 unspecified atom stereocenters. The third kappa shape index (κ3) is 1.40. The van der Waals surface area contributed by atoms with Crippen LogP contribution >= 0.6 is 0 Å². The van der Waals surface area contributed by atoms with Crippen molar-refractivity contribution in [2.75, 3.05) is 0 Å². The minimum atomic E-state index is -0.0621. The van der Waals surface area contributed by atoms with Gasteiger partial charge in [-0.05, 0) is 26.9 Å². The summed E-state index contributed by atoms with van der Waals surface area (Å²) in [7, 11) is 0. The summed E-state index contributed by atoms with van der Waals surface area (Å²) in [6, 6.07) is 18.2. The second-order valence-electron chi connectivity index (χ2n) is 4.72. The highest BCUT2D eigenvalue weighted by Crippen LogP contribution is 2.33. The first-order chi connectivity index (χ1) is 9.34. The molecule has 0 atom stereocenters. The summed E-state index contributed by atoms with van der Waals surface area (Å²) in [4.78, 5) is 14.4. The molecule has 0 aliphatic rings. The standard InChI is InChI=1S/C17H11NO/c19-17-9-15-13-7-3-1-5-11(13)12-6-2-4-8-14(12)16(15)10-18-17/h1-10H,(H,18,19). The van der Waals surface area contributed by atoms with Gasteiger partial charge < -0.3 is 4.98 Å². The molecular weight excluding hydrogens is 234 g/mol. The van der Waals surface area contributed by atoms with E-state index in [1.807, 2.05) is 30.5 Å². The monoisotopic (exact) mass is 245 g/mol. The highest BCUT2D eigenvalue weighted by Gasteiger charge is 2.07. The maximum atomic E-state index is 11.6. The Morgan fingerprint density at radius 1 is 0.632 bits per heavy atom. The molecule has 2 heteroatoms. The van der Waals surface area contributed by atoms with E-state index in [1.54, 1.807) is 6.07 Å². The van der Waals surface area contributed by atoms with Crippen molar-refractivity contribution in [2.24, 2.45) is 0 Å². The van der Waals surface area contributed by atoms with Crippen LogP contribution in [-0.4, -0.2) is 4.98 Å². The van der Waals surface area contributed by atoms with Crippen molar-refractivity contribution in [3.8, 4) is 0 Å². The molecule has 0 amide bonds. The van der Waals surface area contributed by atoms with E-state index in [1.165, 1.54) is 16.2 Å². The van der Waals surface area contributed by atoms with Crippen LogP contribution in [0.1, 0.15) is 0 Å². The maximum absolute atomic E-state index is 11.6. The van der Waals surface area contributed by atoms with Crippen LogP contribution in [0.5, 0.6) is 0 Å². The van der Waals surface area contributed by atoms with Gasteiger partial charge in [-0.2, -0.15) is 0 Å². The molecule has 0 aliphatic carbocycles. The van der Waals surface area contributed by atoms with E-state index >= 15 is 0 Å². The molecule has 0 fully saturated rings. The van der Waals surface area contributed by atoms with Gasteiger partial charge in [0.1, 0.15) is 0 Å². The summed E-state index contributed by atoms with van der Waals surface area (Å²) in [5.41, 5.74) is -0.0621. The SMILES string of the molecule is O=c1cc2c3ccccc3c3ccccc3c2c[nH]1. The molecule has 4 rings (SSSR count). The first-order valence-corrected chi connectivity index (χ1v) is 6.26. The number of rotatable bonds is 0. The molecule has 0 saturated carbocycles. The van der Waals surface area contributed by atoms with Crippen molar-refractivity contribution in [3.05, 3.63) is 71.1 Å². The molecule has 0 spiro atoms. The van der Waals surface area contributed by atoms with Gasteiger partial charge >= 0.3 is 0 Å². The lowest BCUT2D eigenvalue weighted by Gasteiger charge is -2.09. The van der Waals surface area contributed by atoms with Crippen molar-refractivity contribution in [2.45, 2.75) is 0 Å². The number of nitrogens with one attached hydrogen (secondary N) is 1. The number of hydrogen-bond acceptors (Lipinski definition) is 1. The van der Waals surface area contributed by atoms with Crippen molar-refractivity contribution in [1.29, 1.82) is 0 Å². The lowest BCUT2D eigenvalue weighted by Crippen LogP contribution is -2.02. The molecule has 1 heterocycles. The third-order valence-corrected chi connectivity index (χ3v) is 3.65. The molecule has 1 aromatic heterocycles. The Bertz CT molecular complexity index is 947. The average Bonchev–Trinajstić information content (AvgIpc) is 2.47. The Morgan fingerprint density at radius 3 is 1.68 bits per heavy atom. The van der Waals surface area contributed by atoms with E-state index in [2.05, 4.69) is 29.2 Å². The van der Waals surface area contributed by atoms with Crippen LogP contribution < -0.4 is 5.56 Å². The Hall–Kier alpha value is -2.61. The van der Waals surface area contributed by atoms with Crippen molar-refractivity contribution in [1.82, 2.24) is 4.98 Å². The van der Waals surface area contributed by atoms with Crippen LogP contribution in [0.2, 0.25) is 0 Å². The maximum Gasteiger partial charge on any atom is 0.248 e. The Labute approximate surface area is 109 Å². The van der Waals surface area contributed by atoms with Crippen molar-refractivity contribution >= 4 is 32.3 Å². The van der Waals surface area contributed by atoms with E-state index in [4.69, 9.17) is 0 Å². The minimum Gasteiger partial charge on any atom is -0.328 e. The van der Waals surface area contributed by atoms with Gasteiger partial charge in [-0.15, -0.1) is 0 Å². The lowest BCUT2D eigenvalue weighted by atomic mass is 9.96. The Morgan fingerprint density at radius 2 is 1.11 bits per heavy atom. The van der Waals surface area contributed by atoms with Gasteiger partial charge in [-0.1, -0.05) is 48.5 Å². The van der Waals surface area contributed by atoms with Crippen LogP contribution in [-0.2, 0) is 0 Å². The zero-order valence-electron chi connectivity index (χ0n) is 10.2. The van der Waals surface area contributed by atoms with Gasteiger partial charge in [0, 0.05) is 17.6 Å². The van der Waals surface area contributed by atoms with Gasteiger partial charge in [0.05, 0.1) is 0 Å². The Kier molecular flexibility index (Phi) is 2.00. The van der Waals surface area contributed by atoms with Crippen molar-refractivity contribution < 1.29 is 0 Å². The summed E-state index contributed by atoms with van der Waals surface area (Å²) >= 11 is 0. The normalized spacial score (nSPS) is 11.4. The van der Waals surface area contributed by atoms with Crippen LogP contribution in [0.15, 0.2) is 65.6 Å². The summed E-state index contributed by atoms with van der Waals surface area (Å²) < 4.78 is 0. The number of hydrogen-bond donors (Lipinski definition) is 1. The van der Waals surface area contributed by atoms with Crippen LogP contribution in [0, 0.1) is 0 Å². The Balaban J connectivity index is 2.47. The number of fused-ring (bicyclic) bond motifs is 6. The van der Waals surface area contributed by atoms with Gasteiger partial charge in [-0.25, -0.2) is 0 Å². The molecule has 2 nitrogen and oxygen atoms in total. The second-order valence-corrected chi connectivity index (χ2v) is 4.72. The fraction of sp³-hybridized carbons (Fsp3) is 0. The zero-order chi connectivity index (χ0) is 12.8. The van der Waals surface area contributed by atoms with Gasteiger partial charge in [-0.3, -0.25) is 4.79 Å². The summed E-state index contributed by atoms with van der Waals surface area (Å²) in [6.45, 7) is 0. The fourth-order valence-electron chi connectivity index (χ4n) is 2.82. The first-order valence-electron chi connectivity index (χ1n) is 6.26. The molecule has 4 aromatic rings. The van der Waals surface area contributed by atoms with Gasteiger partial charge in [0.25, 0.3) is 0 Å². The van der Waals surface area contributed by atoms with E-state index in [9.17, 15) is 4.79 Å². The number of pyridine rings is 1. The van der Waals surface area contributed by atoms with E-state index in [0.29, 0.717) is 0 Å². The van der Waals surface area contributed by atoms with Gasteiger partial charge in [0.2, 0.25) is 5.56 Å². The highest BCUT2D eigenvalue weighted by atomic mass is 16.1. The largest absolute Gasteiger partial charge is 0.328 e. The molecule has 0 radical (unpaired) electrons. The van der Waals surface area contributed by atoms with E-state index in [-0.39, 0.29) is 5.56 Å². The molecule has 19 heavy (non-hydrogen) atoms. The third-order valence-electron chi connectivity index (χ3n) is 3.65. The molecule has 90 valence electrons. The number of aromatic amines is 1. The average molecular weight is 245 g/mol. The quantitative estimate of drug-likeness (QED) is 0.469. The fourth-order valence-corrected chi connectivity index (χ4v) is 2.82. The van der Waals surface area contributed by atoms with E-state index < -0.39 is 0 Å². The summed E-state index contributed by atoms with van der Waals surface area (Å²) in [6.07, 6.45) is 1.81. The summed E-state index contributed by atoms with van der Waals surface area (Å²) in [5, 5.41) is 6.82. The van der Waals surface area contributed by atoms with Crippen molar-refractivity contribution in [3.63, 3.8) is 0 Å². The molecular formula is C17H11NO. The van der Waals surface area contributed by atoms with Crippen LogP contribution in [0.3, 0.4) is 0 Å². The minimum absolute atomic E-state index is 0.0621. The van der Waals surface area contributed by atoms with Crippen LogP contribution in [0.25, 0.3) is 32.3 Å². The van der Waals surface area contributed by atoms with Gasteiger partial charge in [0.15, 0.2) is 0 Å². The predicted octanol–water partition coefficient (Wildman–Crippen LogP) is 3.83. The second kappa shape index (κ2) is 3.69. The molecule has 1 N–H and O–H groups in total. The highest BCUT2D eigenvalue weighted by molar-refractivity contribution is 6.24. The molecule has 0 saturated heterocycles. The molecule has 0 bridgehead atoms.